The highest BCUT2D eigenvalue weighted by molar-refractivity contribution is 5.60. The van der Waals surface area contributed by atoms with Gasteiger partial charge in [-0.15, -0.1) is 0 Å². The summed E-state index contributed by atoms with van der Waals surface area (Å²) in [4.78, 5) is 10.0. The highest BCUT2D eigenvalue weighted by Crippen LogP contribution is 2.06. The quantitative estimate of drug-likeness (QED) is 0.514. The molecule has 9 heavy (non-hydrogen) atoms. The second-order valence-electron chi connectivity index (χ2n) is 2.37. The third kappa shape index (κ3) is 4.12. The van der Waals surface area contributed by atoms with E-state index in [0.29, 0.717) is 25.7 Å². The van der Waals surface area contributed by atoms with Crippen molar-refractivity contribution in [2.45, 2.75) is 25.4 Å². The molecule has 0 aliphatic rings. The molecule has 1 atom stereocenters. The number of aliphatic hydroxyl groups is 1. The largest absolute Gasteiger partial charge is 0.383 e. The fourth-order valence-corrected chi connectivity index (χ4v) is 0.519. The fourth-order valence-electron chi connectivity index (χ4n) is 0.519. The Labute approximate surface area is 54.9 Å². The third-order valence-corrected chi connectivity index (χ3v) is 1.14. The lowest BCUT2D eigenvalue weighted by atomic mass is 10.0. The Morgan fingerprint density at radius 1 is 1.78 bits per heavy atom. The van der Waals surface area contributed by atoms with Gasteiger partial charge in [0, 0.05) is 0 Å². The molecule has 3 heteroatoms. The second kappa shape index (κ2) is 3.58. The Bertz CT molecular complexity index is 91.1. The predicted molar refractivity (Wildman–Crippen MR) is 35.0 cm³/mol. The van der Waals surface area contributed by atoms with Crippen molar-refractivity contribution in [1.82, 2.24) is 0 Å². The molecule has 0 saturated heterocycles. The van der Waals surface area contributed by atoms with E-state index in [-0.39, 0.29) is 0 Å². The summed E-state index contributed by atoms with van der Waals surface area (Å²) in [5.74, 6) is 0. The second-order valence-corrected chi connectivity index (χ2v) is 2.37. The van der Waals surface area contributed by atoms with E-state index >= 15 is 0 Å². The van der Waals surface area contributed by atoms with Crippen LogP contribution in [0.3, 0.4) is 0 Å². The van der Waals surface area contributed by atoms with E-state index in [1.165, 1.54) is 6.92 Å². The molecule has 0 rings (SSSR count). The maximum Gasteiger partial charge on any atom is 0.151 e. The molecule has 0 aliphatic carbocycles. The van der Waals surface area contributed by atoms with Crippen LogP contribution >= 0.6 is 0 Å². The smallest absolute Gasteiger partial charge is 0.151 e. The molecule has 0 aromatic rings. The first kappa shape index (κ1) is 8.59. The molecular weight excluding hydrogens is 118 g/mol. The number of hydrogen-bond acceptors (Lipinski definition) is 3. The van der Waals surface area contributed by atoms with Gasteiger partial charge in [-0.25, -0.2) is 0 Å². The van der Waals surface area contributed by atoms with Gasteiger partial charge in [0.2, 0.25) is 0 Å². The van der Waals surface area contributed by atoms with E-state index in [0.717, 1.165) is 0 Å². The molecule has 54 valence electrons. The average molecular weight is 131 g/mol. The molecule has 0 aromatic carbocycles. The van der Waals surface area contributed by atoms with Crippen molar-refractivity contribution in [3.05, 3.63) is 0 Å². The molecule has 0 radical (unpaired) electrons. The minimum absolute atomic E-state index is 0.451. The van der Waals surface area contributed by atoms with Crippen molar-refractivity contribution in [3.63, 3.8) is 0 Å². The van der Waals surface area contributed by atoms with Gasteiger partial charge in [-0.2, -0.15) is 0 Å². The maximum absolute atomic E-state index is 10.0. The van der Waals surface area contributed by atoms with Gasteiger partial charge >= 0.3 is 0 Å². The Morgan fingerprint density at radius 3 is 2.67 bits per heavy atom. The van der Waals surface area contributed by atoms with E-state index in [1.54, 1.807) is 0 Å². The minimum Gasteiger partial charge on any atom is -0.383 e. The summed E-state index contributed by atoms with van der Waals surface area (Å²) < 4.78 is 0. The molecule has 0 amide bonds. The molecule has 1 unspecified atom stereocenters. The number of carbonyl (C=O) groups is 1. The van der Waals surface area contributed by atoms with Gasteiger partial charge in [0.25, 0.3) is 0 Å². The van der Waals surface area contributed by atoms with Crippen LogP contribution < -0.4 is 5.73 Å². The Balaban J connectivity index is 3.45. The van der Waals surface area contributed by atoms with Crippen LogP contribution in [0.15, 0.2) is 0 Å². The zero-order valence-corrected chi connectivity index (χ0v) is 5.63. The van der Waals surface area contributed by atoms with Crippen LogP contribution in [0.5, 0.6) is 0 Å². The summed E-state index contributed by atoms with van der Waals surface area (Å²) >= 11 is 0. The van der Waals surface area contributed by atoms with Crippen molar-refractivity contribution < 1.29 is 9.90 Å². The predicted octanol–water partition coefficient (Wildman–Crippen LogP) is -0.325. The van der Waals surface area contributed by atoms with E-state index in [2.05, 4.69) is 0 Å². The van der Waals surface area contributed by atoms with Gasteiger partial charge in [0.1, 0.15) is 5.60 Å². The van der Waals surface area contributed by atoms with E-state index in [4.69, 9.17) is 10.8 Å². The summed E-state index contributed by atoms with van der Waals surface area (Å²) in [6.07, 6.45) is 1.68. The average Bonchev–Trinajstić information content (AvgIpc) is 1.84. The van der Waals surface area contributed by atoms with E-state index in [9.17, 15) is 4.79 Å². The summed E-state index contributed by atoms with van der Waals surface area (Å²) in [6.45, 7) is 2.00. The van der Waals surface area contributed by atoms with Gasteiger partial charge in [-0.05, 0) is 26.3 Å². The van der Waals surface area contributed by atoms with Crippen LogP contribution in [0, 0.1) is 0 Å². The van der Waals surface area contributed by atoms with Gasteiger partial charge in [0.15, 0.2) is 6.29 Å². The first-order chi connectivity index (χ1) is 4.12. The zero-order chi connectivity index (χ0) is 7.33. The van der Waals surface area contributed by atoms with Crippen molar-refractivity contribution >= 4 is 6.29 Å². The Kier molecular flexibility index (Phi) is 3.42. The highest BCUT2D eigenvalue weighted by atomic mass is 16.3. The monoisotopic (exact) mass is 131 g/mol. The van der Waals surface area contributed by atoms with E-state index < -0.39 is 5.60 Å². The van der Waals surface area contributed by atoms with Crippen molar-refractivity contribution in [3.8, 4) is 0 Å². The lowest BCUT2D eigenvalue weighted by molar-refractivity contribution is -0.123. The zero-order valence-electron chi connectivity index (χ0n) is 5.63. The summed E-state index contributed by atoms with van der Waals surface area (Å²) in [6, 6.07) is 0. The van der Waals surface area contributed by atoms with E-state index in [1.807, 2.05) is 0 Å². The molecule has 0 heterocycles. The molecule has 0 aromatic heterocycles. The topological polar surface area (TPSA) is 63.3 Å². The summed E-state index contributed by atoms with van der Waals surface area (Å²) in [7, 11) is 0. The number of hydrogen-bond donors (Lipinski definition) is 2. The minimum atomic E-state index is -1.17. The molecule has 0 aliphatic heterocycles. The van der Waals surface area contributed by atoms with Gasteiger partial charge < -0.3 is 15.6 Å². The lowest BCUT2D eigenvalue weighted by Crippen LogP contribution is -2.26. The SMILES string of the molecule is CC(O)(C=O)CCCN. The summed E-state index contributed by atoms with van der Waals surface area (Å²) in [5.41, 5.74) is 4.00. The molecule has 0 bridgehead atoms. The van der Waals surface area contributed by atoms with Crippen LogP contribution in [0.25, 0.3) is 0 Å². The first-order valence-corrected chi connectivity index (χ1v) is 3.01. The van der Waals surface area contributed by atoms with Gasteiger partial charge in [0.05, 0.1) is 0 Å². The maximum atomic E-state index is 10.0. The van der Waals surface area contributed by atoms with Crippen molar-refractivity contribution in [1.29, 1.82) is 0 Å². The van der Waals surface area contributed by atoms with Gasteiger partial charge in [-0.3, -0.25) is 0 Å². The Morgan fingerprint density at radius 2 is 2.33 bits per heavy atom. The normalized spacial score (nSPS) is 16.8. The highest BCUT2D eigenvalue weighted by Gasteiger charge is 2.16. The lowest BCUT2D eigenvalue weighted by Gasteiger charge is -2.13. The van der Waals surface area contributed by atoms with Crippen LogP contribution in [0.2, 0.25) is 0 Å². The van der Waals surface area contributed by atoms with Gasteiger partial charge in [-0.1, -0.05) is 0 Å². The van der Waals surface area contributed by atoms with Crippen LogP contribution in [-0.2, 0) is 4.79 Å². The number of nitrogens with two attached hydrogens (primary N) is 1. The standard InChI is InChI=1S/C6H13NO2/c1-6(9,5-8)3-2-4-7/h5,9H,2-4,7H2,1H3. The number of carbonyl (C=O) groups excluding carboxylic acids is 1. The van der Waals surface area contributed by atoms with Crippen molar-refractivity contribution in [2.24, 2.45) is 5.73 Å². The van der Waals surface area contributed by atoms with Crippen LogP contribution in [-0.4, -0.2) is 23.5 Å². The molecule has 0 fully saturated rings. The molecule has 0 spiro atoms. The van der Waals surface area contributed by atoms with Crippen LogP contribution in [0.4, 0.5) is 0 Å². The van der Waals surface area contributed by atoms with Crippen LogP contribution in [0.1, 0.15) is 19.8 Å². The van der Waals surface area contributed by atoms with Crippen molar-refractivity contribution in [2.75, 3.05) is 6.54 Å². The molecular formula is C6H13NO2. The first-order valence-electron chi connectivity index (χ1n) is 3.01. The molecule has 3 nitrogen and oxygen atoms in total. The molecule has 3 N–H and O–H groups in total. The third-order valence-electron chi connectivity index (χ3n) is 1.14. The number of aldehydes is 1. The summed E-state index contributed by atoms with van der Waals surface area (Å²) in [5, 5.41) is 9.03. The Hall–Kier alpha value is -0.410. The number of rotatable bonds is 4. The fraction of sp³-hybridized carbons (Fsp3) is 0.833. The molecule has 0 saturated carbocycles.